The van der Waals surface area contributed by atoms with E-state index in [1.54, 1.807) is 0 Å². The second kappa shape index (κ2) is 9.56. The summed E-state index contributed by atoms with van der Waals surface area (Å²) in [6.45, 7) is 5.35. The first-order valence-electron chi connectivity index (χ1n) is 7.26. The van der Waals surface area contributed by atoms with Crippen molar-refractivity contribution in [1.82, 2.24) is 10.6 Å². The summed E-state index contributed by atoms with van der Waals surface area (Å²) in [5.41, 5.74) is 1.13. The van der Waals surface area contributed by atoms with Crippen LogP contribution in [0.4, 0.5) is 0 Å². The van der Waals surface area contributed by atoms with Crippen LogP contribution in [-0.4, -0.2) is 18.5 Å². The van der Waals surface area contributed by atoms with Gasteiger partial charge in [-0.3, -0.25) is 4.79 Å². The van der Waals surface area contributed by atoms with Crippen LogP contribution >= 0.6 is 0 Å². The molecule has 1 unspecified atom stereocenters. The first-order chi connectivity index (χ1) is 9.22. The molecule has 0 radical (unpaired) electrons. The molecule has 0 heterocycles. The van der Waals surface area contributed by atoms with Crippen LogP contribution in [0.1, 0.15) is 45.1 Å². The van der Waals surface area contributed by atoms with Crippen LogP contribution in [0.2, 0.25) is 0 Å². The van der Waals surface area contributed by atoms with Gasteiger partial charge >= 0.3 is 0 Å². The third-order valence-electron chi connectivity index (χ3n) is 3.18. The lowest BCUT2D eigenvalue weighted by Gasteiger charge is -2.13. The monoisotopic (exact) mass is 262 g/mol. The minimum Gasteiger partial charge on any atom is -0.351 e. The molecule has 3 heteroatoms. The molecule has 1 aromatic carbocycles. The van der Waals surface area contributed by atoms with Crippen LogP contribution in [0.5, 0.6) is 0 Å². The van der Waals surface area contributed by atoms with Crippen molar-refractivity contribution in [3.8, 4) is 0 Å². The van der Waals surface area contributed by atoms with Crippen molar-refractivity contribution in [2.75, 3.05) is 6.54 Å². The van der Waals surface area contributed by atoms with E-state index in [1.165, 1.54) is 19.3 Å². The Bertz CT molecular complexity index is 351. The Labute approximate surface area is 116 Å². The topological polar surface area (TPSA) is 41.1 Å². The van der Waals surface area contributed by atoms with Gasteiger partial charge in [0.05, 0.1) is 6.54 Å². The van der Waals surface area contributed by atoms with Crippen LogP contribution < -0.4 is 10.6 Å². The first kappa shape index (κ1) is 15.7. The number of benzene rings is 1. The van der Waals surface area contributed by atoms with Crippen molar-refractivity contribution >= 4 is 5.91 Å². The molecule has 2 N–H and O–H groups in total. The predicted molar refractivity (Wildman–Crippen MR) is 79.9 cm³/mol. The number of nitrogens with one attached hydrogen (secondary N) is 2. The Kier molecular flexibility index (Phi) is 7.91. The lowest BCUT2D eigenvalue weighted by molar-refractivity contribution is -0.120. The highest BCUT2D eigenvalue weighted by Crippen LogP contribution is 2.02. The minimum absolute atomic E-state index is 0.0613. The first-order valence-corrected chi connectivity index (χ1v) is 7.26. The molecule has 1 rings (SSSR count). The number of carbonyl (C=O) groups is 1. The van der Waals surface area contributed by atoms with E-state index in [0.717, 1.165) is 12.0 Å². The van der Waals surface area contributed by atoms with Gasteiger partial charge in [0, 0.05) is 12.6 Å². The maximum absolute atomic E-state index is 11.7. The highest BCUT2D eigenvalue weighted by atomic mass is 16.1. The van der Waals surface area contributed by atoms with Crippen molar-refractivity contribution < 1.29 is 4.79 Å². The molecule has 0 aromatic heterocycles. The van der Waals surface area contributed by atoms with Crippen LogP contribution in [-0.2, 0) is 11.3 Å². The van der Waals surface area contributed by atoms with Gasteiger partial charge in [-0.15, -0.1) is 0 Å². The second-order valence-corrected chi connectivity index (χ2v) is 5.04. The van der Waals surface area contributed by atoms with Crippen molar-refractivity contribution in [3.63, 3.8) is 0 Å². The summed E-state index contributed by atoms with van der Waals surface area (Å²) in [6, 6.07) is 10.4. The molecule has 19 heavy (non-hydrogen) atoms. The van der Waals surface area contributed by atoms with Crippen LogP contribution in [0.3, 0.4) is 0 Å². The third-order valence-corrected chi connectivity index (χ3v) is 3.18. The van der Waals surface area contributed by atoms with E-state index in [-0.39, 0.29) is 5.91 Å². The van der Waals surface area contributed by atoms with Gasteiger partial charge in [-0.05, 0) is 18.9 Å². The summed E-state index contributed by atoms with van der Waals surface area (Å²) in [6.07, 6.45) is 4.88. The number of amides is 1. The maximum Gasteiger partial charge on any atom is 0.234 e. The van der Waals surface area contributed by atoms with Crippen LogP contribution in [0, 0.1) is 0 Å². The Hall–Kier alpha value is -1.35. The second-order valence-electron chi connectivity index (χ2n) is 5.04. The van der Waals surface area contributed by atoms with Gasteiger partial charge in [-0.2, -0.15) is 0 Å². The Morgan fingerprint density at radius 2 is 1.95 bits per heavy atom. The Morgan fingerprint density at radius 1 is 1.21 bits per heavy atom. The summed E-state index contributed by atoms with van der Waals surface area (Å²) >= 11 is 0. The summed E-state index contributed by atoms with van der Waals surface area (Å²) < 4.78 is 0. The molecule has 0 aliphatic rings. The predicted octanol–water partition coefficient (Wildman–Crippen LogP) is 2.86. The van der Waals surface area contributed by atoms with E-state index >= 15 is 0 Å². The third kappa shape index (κ3) is 7.62. The largest absolute Gasteiger partial charge is 0.351 e. The van der Waals surface area contributed by atoms with E-state index in [4.69, 9.17) is 0 Å². The molecule has 1 amide bonds. The maximum atomic E-state index is 11.7. The molecule has 0 aliphatic heterocycles. The lowest BCUT2D eigenvalue weighted by Crippen LogP contribution is -2.37. The van der Waals surface area contributed by atoms with E-state index in [9.17, 15) is 4.79 Å². The molecule has 1 aromatic rings. The lowest BCUT2D eigenvalue weighted by atomic mass is 10.1. The van der Waals surface area contributed by atoms with Crippen molar-refractivity contribution in [2.24, 2.45) is 0 Å². The van der Waals surface area contributed by atoms with Gasteiger partial charge in [0.25, 0.3) is 0 Å². The van der Waals surface area contributed by atoms with Crippen LogP contribution in [0.15, 0.2) is 30.3 Å². The number of unbranched alkanes of at least 4 members (excludes halogenated alkanes) is 2. The number of rotatable bonds is 9. The van der Waals surface area contributed by atoms with E-state index in [0.29, 0.717) is 19.1 Å². The zero-order chi connectivity index (χ0) is 13.9. The van der Waals surface area contributed by atoms with Gasteiger partial charge in [-0.25, -0.2) is 0 Å². The highest BCUT2D eigenvalue weighted by Gasteiger charge is 2.05. The SMILES string of the molecule is CCCCCC(C)NCC(=O)NCc1ccccc1. The van der Waals surface area contributed by atoms with E-state index < -0.39 is 0 Å². The molecular weight excluding hydrogens is 236 g/mol. The number of hydrogen-bond donors (Lipinski definition) is 2. The molecular formula is C16H26N2O. The quantitative estimate of drug-likeness (QED) is 0.672. The molecule has 1 atom stereocenters. The number of hydrogen-bond acceptors (Lipinski definition) is 2. The average Bonchev–Trinajstić information content (AvgIpc) is 2.44. The summed E-state index contributed by atoms with van der Waals surface area (Å²) in [5.74, 6) is 0.0613. The summed E-state index contributed by atoms with van der Waals surface area (Å²) in [4.78, 5) is 11.7. The van der Waals surface area contributed by atoms with Crippen molar-refractivity contribution in [1.29, 1.82) is 0 Å². The molecule has 0 aliphatic carbocycles. The Morgan fingerprint density at radius 3 is 2.63 bits per heavy atom. The fourth-order valence-electron chi connectivity index (χ4n) is 1.93. The fraction of sp³-hybridized carbons (Fsp3) is 0.562. The average molecular weight is 262 g/mol. The zero-order valence-electron chi connectivity index (χ0n) is 12.1. The fourth-order valence-corrected chi connectivity index (χ4v) is 1.93. The van der Waals surface area contributed by atoms with Gasteiger partial charge < -0.3 is 10.6 Å². The van der Waals surface area contributed by atoms with Gasteiger partial charge in [-0.1, -0.05) is 56.5 Å². The molecule has 3 nitrogen and oxygen atoms in total. The smallest absolute Gasteiger partial charge is 0.234 e. The normalized spacial score (nSPS) is 12.1. The molecule has 0 bridgehead atoms. The standard InChI is InChI=1S/C16H26N2O/c1-3-4-6-9-14(2)17-13-16(19)18-12-15-10-7-5-8-11-15/h5,7-8,10-11,14,17H,3-4,6,9,12-13H2,1-2H3,(H,18,19). The summed E-state index contributed by atoms with van der Waals surface area (Å²) in [5, 5.41) is 6.19. The van der Waals surface area contributed by atoms with E-state index in [2.05, 4.69) is 24.5 Å². The van der Waals surface area contributed by atoms with Crippen LogP contribution in [0.25, 0.3) is 0 Å². The summed E-state index contributed by atoms with van der Waals surface area (Å²) in [7, 11) is 0. The van der Waals surface area contributed by atoms with Gasteiger partial charge in [0.2, 0.25) is 5.91 Å². The number of carbonyl (C=O) groups excluding carboxylic acids is 1. The molecule has 0 spiro atoms. The zero-order valence-corrected chi connectivity index (χ0v) is 12.1. The molecule has 106 valence electrons. The molecule has 0 saturated heterocycles. The molecule has 0 saturated carbocycles. The highest BCUT2D eigenvalue weighted by molar-refractivity contribution is 5.77. The van der Waals surface area contributed by atoms with Gasteiger partial charge in [0.1, 0.15) is 0 Å². The van der Waals surface area contributed by atoms with Crippen molar-refractivity contribution in [3.05, 3.63) is 35.9 Å². The molecule has 0 fully saturated rings. The van der Waals surface area contributed by atoms with Crippen molar-refractivity contribution in [2.45, 2.75) is 52.1 Å². The minimum atomic E-state index is 0.0613. The Balaban J connectivity index is 2.11. The van der Waals surface area contributed by atoms with Gasteiger partial charge in [0.15, 0.2) is 0 Å². The van der Waals surface area contributed by atoms with E-state index in [1.807, 2.05) is 30.3 Å².